The fraction of sp³-hybridized carbons (Fsp3) is 0.231. The summed E-state index contributed by atoms with van der Waals surface area (Å²) in [5, 5.41) is 1.91. The highest BCUT2D eigenvalue weighted by Crippen LogP contribution is 2.28. The number of hydrogen-bond acceptors (Lipinski definition) is 4. The van der Waals surface area contributed by atoms with Crippen LogP contribution in [-0.4, -0.2) is 15.0 Å². The average Bonchev–Trinajstić information content (AvgIpc) is 2.92. The number of thiophene rings is 1. The van der Waals surface area contributed by atoms with Gasteiger partial charge in [0, 0.05) is 17.5 Å². The zero-order chi connectivity index (χ0) is 14.6. The molecule has 0 aliphatic rings. The molecule has 108 valence electrons. The van der Waals surface area contributed by atoms with Crippen LogP contribution in [0.5, 0.6) is 5.75 Å². The molecule has 0 aliphatic heterocycles. The molecule has 0 saturated heterocycles. The Labute approximate surface area is 131 Å². The second-order valence-electron chi connectivity index (χ2n) is 3.93. The normalized spacial score (nSPS) is 11.5. The van der Waals surface area contributed by atoms with E-state index in [1.165, 1.54) is 17.4 Å². The topological polar surface area (TPSA) is 55.4 Å². The molecule has 0 atom stereocenters. The van der Waals surface area contributed by atoms with Crippen LogP contribution in [0.15, 0.2) is 45.1 Å². The zero-order valence-electron chi connectivity index (χ0n) is 10.8. The van der Waals surface area contributed by atoms with E-state index in [4.69, 9.17) is 4.74 Å². The van der Waals surface area contributed by atoms with Gasteiger partial charge in [0.1, 0.15) is 5.75 Å². The van der Waals surface area contributed by atoms with Crippen LogP contribution >= 0.6 is 27.3 Å². The van der Waals surface area contributed by atoms with Crippen LogP contribution in [0.25, 0.3) is 0 Å². The van der Waals surface area contributed by atoms with Gasteiger partial charge in [-0.05, 0) is 46.4 Å². The van der Waals surface area contributed by atoms with Crippen molar-refractivity contribution in [3.05, 3.63) is 45.1 Å². The van der Waals surface area contributed by atoms with Gasteiger partial charge in [-0.1, -0.05) is 6.07 Å². The molecule has 7 heteroatoms. The zero-order valence-corrected chi connectivity index (χ0v) is 14.0. The molecule has 1 aromatic heterocycles. The van der Waals surface area contributed by atoms with Crippen molar-refractivity contribution in [1.29, 1.82) is 0 Å². The first-order valence-electron chi connectivity index (χ1n) is 5.97. The lowest BCUT2D eigenvalue weighted by Gasteiger charge is -2.10. The first kappa shape index (κ1) is 15.5. The van der Waals surface area contributed by atoms with E-state index in [2.05, 4.69) is 20.7 Å². The summed E-state index contributed by atoms with van der Waals surface area (Å²) in [5.74, 6) is 0.520. The molecule has 0 radical (unpaired) electrons. The standard InChI is InChI=1S/C13H14BrNO3S2/c1-2-18-13-8-11(5-6-12(13)14)20(16,17)15-9-10-4-3-7-19-10/h3-8,15H,2,9H2,1H3. The number of ether oxygens (including phenoxy) is 1. The average molecular weight is 376 g/mol. The minimum atomic E-state index is -3.54. The molecule has 0 saturated carbocycles. The number of benzene rings is 1. The number of sulfonamides is 1. The van der Waals surface area contributed by atoms with Crippen molar-refractivity contribution in [2.24, 2.45) is 0 Å². The molecule has 0 amide bonds. The third-order valence-electron chi connectivity index (χ3n) is 2.53. The van der Waals surface area contributed by atoms with Gasteiger partial charge in [0.05, 0.1) is 16.0 Å². The van der Waals surface area contributed by atoms with E-state index in [-0.39, 0.29) is 4.90 Å². The predicted octanol–water partition coefficient (Wildman–Crippen LogP) is 3.39. The lowest BCUT2D eigenvalue weighted by molar-refractivity contribution is 0.337. The van der Waals surface area contributed by atoms with E-state index in [1.807, 2.05) is 24.4 Å². The van der Waals surface area contributed by atoms with Gasteiger partial charge in [-0.15, -0.1) is 11.3 Å². The van der Waals surface area contributed by atoms with Gasteiger partial charge < -0.3 is 4.74 Å². The Bertz CT molecular complexity index is 669. The molecular formula is C13H14BrNO3S2. The highest BCUT2D eigenvalue weighted by atomic mass is 79.9. The van der Waals surface area contributed by atoms with Gasteiger partial charge in [-0.2, -0.15) is 0 Å². The molecule has 2 rings (SSSR count). The summed E-state index contributed by atoms with van der Waals surface area (Å²) in [6.07, 6.45) is 0. The first-order chi connectivity index (χ1) is 9.53. The lowest BCUT2D eigenvalue weighted by atomic mass is 10.3. The summed E-state index contributed by atoms with van der Waals surface area (Å²) in [4.78, 5) is 1.16. The van der Waals surface area contributed by atoms with Gasteiger partial charge in [0.2, 0.25) is 10.0 Å². The van der Waals surface area contributed by atoms with Gasteiger partial charge in [-0.25, -0.2) is 13.1 Å². The number of nitrogens with one attached hydrogen (secondary N) is 1. The van der Waals surface area contributed by atoms with Crippen LogP contribution in [0, 0.1) is 0 Å². The van der Waals surface area contributed by atoms with Gasteiger partial charge in [-0.3, -0.25) is 0 Å². The van der Waals surface area contributed by atoms with Crippen LogP contribution < -0.4 is 9.46 Å². The van der Waals surface area contributed by atoms with Crippen LogP contribution in [0.3, 0.4) is 0 Å². The largest absolute Gasteiger partial charge is 0.493 e. The molecule has 0 aliphatic carbocycles. The third kappa shape index (κ3) is 3.82. The summed E-state index contributed by atoms with van der Waals surface area (Å²) >= 11 is 4.84. The Hall–Kier alpha value is -0.890. The monoisotopic (exact) mass is 375 g/mol. The fourth-order valence-corrected chi connectivity index (χ4v) is 3.70. The van der Waals surface area contributed by atoms with E-state index >= 15 is 0 Å². The number of rotatable bonds is 6. The number of hydrogen-bond donors (Lipinski definition) is 1. The summed E-state index contributed by atoms with van der Waals surface area (Å²) in [7, 11) is -3.54. The Morgan fingerprint density at radius 1 is 1.35 bits per heavy atom. The van der Waals surface area contributed by atoms with Crippen LogP contribution in [-0.2, 0) is 16.6 Å². The Morgan fingerprint density at radius 2 is 2.15 bits per heavy atom. The molecule has 1 aromatic carbocycles. The van der Waals surface area contributed by atoms with Gasteiger partial charge in [0.25, 0.3) is 0 Å². The molecular weight excluding hydrogens is 362 g/mol. The summed E-state index contributed by atoms with van der Waals surface area (Å²) < 4.78 is 33.1. The highest BCUT2D eigenvalue weighted by Gasteiger charge is 2.16. The second-order valence-corrected chi connectivity index (χ2v) is 7.58. The molecule has 1 N–H and O–H groups in total. The molecule has 20 heavy (non-hydrogen) atoms. The lowest BCUT2D eigenvalue weighted by Crippen LogP contribution is -2.22. The Morgan fingerprint density at radius 3 is 2.80 bits per heavy atom. The fourth-order valence-electron chi connectivity index (χ4n) is 1.58. The second kappa shape index (κ2) is 6.71. The SMILES string of the molecule is CCOc1cc(S(=O)(=O)NCc2cccs2)ccc1Br. The maximum Gasteiger partial charge on any atom is 0.241 e. The Balaban J connectivity index is 2.18. The first-order valence-corrected chi connectivity index (χ1v) is 9.13. The molecule has 1 heterocycles. The minimum absolute atomic E-state index is 0.195. The molecule has 2 aromatic rings. The van der Waals surface area contributed by atoms with Gasteiger partial charge >= 0.3 is 0 Å². The molecule has 0 bridgehead atoms. The van der Waals surface area contributed by atoms with Crippen LogP contribution in [0.1, 0.15) is 11.8 Å². The molecule has 0 fully saturated rings. The van der Waals surface area contributed by atoms with Crippen LogP contribution in [0.2, 0.25) is 0 Å². The van der Waals surface area contributed by atoms with Crippen molar-refractivity contribution >= 4 is 37.3 Å². The maximum absolute atomic E-state index is 12.2. The van der Waals surface area contributed by atoms with Crippen molar-refractivity contribution in [3.8, 4) is 5.75 Å². The Kier molecular flexibility index (Phi) is 5.20. The summed E-state index contributed by atoms with van der Waals surface area (Å²) in [6.45, 7) is 2.62. The van der Waals surface area contributed by atoms with E-state index in [1.54, 1.807) is 12.1 Å². The van der Waals surface area contributed by atoms with E-state index in [0.29, 0.717) is 18.9 Å². The van der Waals surface area contributed by atoms with E-state index in [9.17, 15) is 8.42 Å². The van der Waals surface area contributed by atoms with Crippen molar-refractivity contribution in [1.82, 2.24) is 4.72 Å². The smallest absolute Gasteiger partial charge is 0.241 e. The maximum atomic E-state index is 12.2. The molecule has 0 unspecified atom stereocenters. The highest BCUT2D eigenvalue weighted by molar-refractivity contribution is 9.10. The predicted molar refractivity (Wildman–Crippen MR) is 83.7 cm³/mol. The summed E-state index contributed by atoms with van der Waals surface area (Å²) in [6, 6.07) is 8.51. The third-order valence-corrected chi connectivity index (χ3v) is 5.46. The summed E-state index contributed by atoms with van der Waals surface area (Å²) in [5.41, 5.74) is 0. The van der Waals surface area contributed by atoms with E-state index < -0.39 is 10.0 Å². The van der Waals surface area contributed by atoms with Crippen molar-refractivity contribution in [2.45, 2.75) is 18.4 Å². The van der Waals surface area contributed by atoms with Crippen molar-refractivity contribution < 1.29 is 13.2 Å². The quantitative estimate of drug-likeness (QED) is 0.841. The van der Waals surface area contributed by atoms with E-state index in [0.717, 1.165) is 9.35 Å². The molecule has 4 nitrogen and oxygen atoms in total. The number of halogens is 1. The van der Waals surface area contributed by atoms with Crippen LogP contribution in [0.4, 0.5) is 0 Å². The minimum Gasteiger partial charge on any atom is -0.493 e. The van der Waals surface area contributed by atoms with Gasteiger partial charge in [0.15, 0.2) is 0 Å². The molecule has 0 spiro atoms. The van der Waals surface area contributed by atoms with Crippen molar-refractivity contribution in [2.75, 3.05) is 6.61 Å². The van der Waals surface area contributed by atoms with Crippen molar-refractivity contribution in [3.63, 3.8) is 0 Å².